The quantitative estimate of drug-likeness (QED) is 0.781. The fraction of sp³-hybridized carbons (Fsp3) is 0.455. The van der Waals surface area contributed by atoms with Crippen molar-refractivity contribution in [2.75, 3.05) is 14.2 Å². The summed E-state index contributed by atoms with van der Waals surface area (Å²) < 4.78 is 10.8. The van der Waals surface area contributed by atoms with Crippen LogP contribution >= 0.6 is 0 Å². The predicted molar refractivity (Wildman–Crippen MR) is 96.0 cm³/mol. The Bertz CT molecular complexity index is 704. The average Bonchev–Trinajstić information content (AvgIpc) is 2.67. The number of rotatable bonds is 3. The molecule has 0 aromatic heterocycles. The Hall–Kier alpha value is -1.96. The first kappa shape index (κ1) is 15.6. The lowest BCUT2D eigenvalue weighted by molar-refractivity contribution is 0.242. The molecule has 2 aromatic carbocycles. The largest absolute Gasteiger partial charge is 0.497 e. The first-order chi connectivity index (χ1) is 11.8. The molecule has 1 fully saturated rings. The highest BCUT2D eigenvalue weighted by Gasteiger charge is 2.38. The number of ether oxygens (including phenoxy) is 2. The fourth-order valence-electron chi connectivity index (χ4n) is 4.79. The standard InChI is InChI=1S/C22H25O2/c1-23-17-10-7-15(8-11-17)21-13-16-9-12-18(24-2)14-22(16)20-6-4-3-5-19(20)21/h7-11,14,19-21H,3-6,13H2,1-2H3. The molecule has 0 N–H and O–H groups in total. The van der Waals surface area contributed by atoms with Crippen LogP contribution < -0.4 is 9.47 Å². The summed E-state index contributed by atoms with van der Waals surface area (Å²) in [5, 5.41) is 0. The summed E-state index contributed by atoms with van der Waals surface area (Å²) in [6.45, 7) is 0. The molecule has 2 aromatic rings. The van der Waals surface area contributed by atoms with E-state index in [2.05, 4.69) is 42.5 Å². The van der Waals surface area contributed by atoms with Gasteiger partial charge in [0, 0.05) is 6.07 Å². The zero-order valence-corrected chi connectivity index (χ0v) is 14.5. The first-order valence-electron chi connectivity index (χ1n) is 9.02. The highest BCUT2D eigenvalue weighted by atomic mass is 16.5. The molecular weight excluding hydrogens is 296 g/mol. The molecule has 3 unspecified atom stereocenters. The van der Waals surface area contributed by atoms with Gasteiger partial charge in [0.1, 0.15) is 11.5 Å². The van der Waals surface area contributed by atoms with Gasteiger partial charge < -0.3 is 9.47 Å². The van der Waals surface area contributed by atoms with Crippen LogP contribution in [0.5, 0.6) is 11.5 Å². The minimum atomic E-state index is 0.607. The molecule has 2 heteroatoms. The second-order valence-electron chi connectivity index (χ2n) is 7.12. The molecule has 0 spiro atoms. The van der Waals surface area contributed by atoms with Crippen LogP contribution in [0, 0.1) is 12.0 Å². The molecule has 0 saturated heterocycles. The van der Waals surface area contributed by atoms with Gasteiger partial charge in [0.2, 0.25) is 0 Å². The van der Waals surface area contributed by atoms with Crippen LogP contribution in [0.3, 0.4) is 0 Å². The zero-order valence-electron chi connectivity index (χ0n) is 14.5. The molecule has 1 radical (unpaired) electrons. The van der Waals surface area contributed by atoms with Crippen molar-refractivity contribution in [1.82, 2.24) is 0 Å². The van der Waals surface area contributed by atoms with Crippen molar-refractivity contribution < 1.29 is 9.47 Å². The Balaban J connectivity index is 1.72. The molecule has 2 nitrogen and oxygen atoms in total. The van der Waals surface area contributed by atoms with Crippen molar-refractivity contribution in [3.63, 3.8) is 0 Å². The Morgan fingerprint density at radius 3 is 2.50 bits per heavy atom. The third kappa shape index (κ3) is 2.68. The lowest BCUT2D eigenvalue weighted by Gasteiger charge is -2.43. The molecule has 3 atom stereocenters. The van der Waals surface area contributed by atoms with Crippen LogP contribution in [-0.4, -0.2) is 14.2 Å². The highest BCUT2D eigenvalue weighted by molar-refractivity contribution is 5.43. The van der Waals surface area contributed by atoms with Gasteiger partial charge in [0.05, 0.1) is 14.2 Å². The van der Waals surface area contributed by atoms with Crippen LogP contribution in [-0.2, 0) is 6.42 Å². The van der Waals surface area contributed by atoms with E-state index in [1.165, 1.54) is 42.4 Å². The third-order valence-corrected chi connectivity index (χ3v) is 5.99. The van der Waals surface area contributed by atoms with Gasteiger partial charge in [0.15, 0.2) is 0 Å². The minimum absolute atomic E-state index is 0.607. The smallest absolute Gasteiger partial charge is 0.127 e. The summed E-state index contributed by atoms with van der Waals surface area (Å²) >= 11 is 0. The van der Waals surface area contributed by atoms with Gasteiger partial charge in [-0.25, -0.2) is 0 Å². The van der Waals surface area contributed by atoms with E-state index in [-0.39, 0.29) is 0 Å². The minimum Gasteiger partial charge on any atom is -0.497 e. The highest BCUT2D eigenvalue weighted by Crippen LogP contribution is 2.51. The summed E-state index contributed by atoms with van der Waals surface area (Å²) in [7, 11) is 3.46. The maximum atomic E-state index is 5.43. The van der Waals surface area contributed by atoms with E-state index in [0.717, 1.165) is 23.8 Å². The van der Waals surface area contributed by atoms with Gasteiger partial charge in [-0.1, -0.05) is 25.0 Å². The van der Waals surface area contributed by atoms with E-state index in [4.69, 9.17) is 9.47 Å². The maximum Gasteiger partial charge on any atom is 0.127 e. The summed E-state index contributed by atoms with van der Waals surface area (Å²) in [6, 6.07) is 16.4. The van der Waals surface area contributed by atoms with Crippen molar-refractivity contribution in [2.45, 2.75) is 43.9 Å². The van der Waals surface area contributed by atoms with Gasteiger partial charge in [-0.2, -0.15) is 0 Å². The van der Waals surface area contributed by atoms with Gasteiger partial charge in [-0.05, 0) is 78.0 Å². The van der Waals surface area contributed by atoms with Crippen LogP contribution in [0.25, 0.3) is 0 Å². The zero-order chi connectivity index (χ0) is 16.5. The monoisotopic (exact) mass is 321 g/mol. The third-order valence-electron chi connectivity index (χ3n) is 5.99. The number of hydrogen-bond acceptors (Lipinski definition) is 2. The van der Waals surface area contributed by atoms with Crippen molar-refractivity contribution in [1.29, 1.82) is 0 Å². The van der Waals surface area contributed by atoms with Crippen LogP contribution in [0.2, 0.25) is 0 Å². The van der Waals surface area contributed by atoms with E-state index in [9.17, 15) is 0 Å². The first-order valence-corrected chi connectivity index (χ1v) is 9.02. The van der Waals surface area contributed by atoms with Gasteiger partial charge >= 0.3 is 0 Å². The molecule has 0 amide bonds. The lowest BCUT2D eigenvalue weighted by Crippen LogP contribution is -2.30. The van der Waals surface area contributed by atoms with Crippen molar-refractivity contribution in [2.24, 2.45) is 5.92 Å². The SMILES string of the molecule is COc1[c]cc2c(c1)C1CCCCC1C(c1ccc(OC)cc1)C2. The predicted octanol–water partition coefficient (Wildman–Crippen LogP) is 5.12. The molecule has 0 aliphatic heterocycles. The van der Waals surface area contributed by atoms with Crippen molar-refractivity contribution in [3.05, 3.63) is 59.2 Å². The van der Waals surface area contributed by atoms with Crippen LogP contribution in [0.4, 0.5) is 0 Å². The molecule has 0 heterocycles. The van der Waals surface area contributed by atoms with E-state index < -0.39 is 0 Å². The van der Waals surface area contributed by atoms with Crippen LogP contribution in [0.1, 0.15) is 54.2 Å². The number of hydrogen-bond donors (Lipinski definition) is 0. The average molecular weight is 321 g/mol. The van der Waals surface area contributed by atoms with Crippen molar-refractivity contribution >= 4 is 0 Å². The van der Waals surface area contributed by atoms with E-state index in [1.807, 2.05) is 0 Å². The fourth-order valence-corrected chi connectivity index (χ4v) is 4.79. The Labute approximate surface area is 144 Å². The number of methoxy groups -OCH3 is 2. The Kier molecular flexibility index (Phi) is 4.22. The second kappa shape index (κ2) is 6.51. The molecule has 4 rings (SSSR count). The lowest BCUT2D eigenvalue weighted by atomic mass is 9.61. The van der Waals surface area contributed by atoms with Gasteiger partial charge in [-0.3, -0.25) is 0 Å². The van der Waals surface area contributed by atoms with Gasteiger partial charge in [0.25, 0.3) is 0 Å². The molecule has 125 valence electrons. The Morgan fingerprint density at radius 1 is 0.958 bits per heavy atom. The van der Waals surface area contributed by atoms with E-state index in [0.29, 0.717) is 11.8 Å². The topological polar surface area (TPSA) is 18.5 Å². The van der Waals surface area contributed by atoms with Crippen molar-refractivity contribution in [3.8, 4) is 11.5 Å². The molecule has 0 bridgehead atoms. The maximum absolute atomic E-state index is 5.43. The number of benzene rings is 2. The number of fused-ring (bicyclic) bond motifs is 3. The Morgan fingerprint density at radius 2 is 1.75 bits per heavy atom. The summed E-state index contributed by atoms with van der Waals surface area (Å²) in [5.74, 6) is 3.83. The molecule has 2 aliphatic carbocycles. The molecule has 24 heavy (non-hydrogen) atoms. The normalized spacial score (nSPS) is 25.5. The van der Waals surface area contributed by atoms with E-state index in [1.54, 1.807) is 14.2 Å². The van der Waals surface area contributed by atoms with E-state index >= 15 is 0 Å². The summed E-state index contributed by atoms with van der Waals surface area (Å²) in [5.41, 5.74) is 4.42. The van der Waals surface area contributed by atoms with Gasteiger partial charge in [-0.15, -0.1) is 0 Å². The summed E-state index contributed by atoms with van der Waals surface area (Å²) in [4.78, 5) is 0. The summed E-state index contributed by atoms with van der Waals surface area (Å²) in [6.07, 6.45) is 6.46. The molecule has 1 saturated carbocycles. The molecule has 2 aliphatic rings. The molecular formula is C22H25O2. The second-order valence-corrected chi connectivity index (χ2v) is 7.12. The van der Waals surface area contributed by atoms with Crippen LogP contribution in [0.15, 0.2) is 36.4 Å².